The molecule has 0 aliphatic heterocycles. The normalized spacial score (nSPS) is 12.8. The number of benzene rings is 3. The third-order valence-corrected chi connectivity index (χ3v) is 12.2. The monoisotopic (exact) mass is 654 g/mol. The number of fused-ring (bicyclic) bond motifs is 1. The van der Waals surface area contributed by atoms with Crippen molar-refractivity contribution in [1.29, 1.82) is 0 Å². The molecule has 228 valence electrons. The third-order valence-electron chi connectivity index (χ3n) is 7.74. The average Bonchev–Trinajstić information content (AvgIpc) is 3.49. The van der Waals surface area contributed by atoms with Gasteiger partial charge >= 0.3 is 0 Å². The van der Waals surface area contributed by atoms with E-state index < -0.39 is 24.9 Å². The Hall–Kier alpha value is -4.45. The van der Waals surface area contributed by atoms with Crippen LogP contribution in [-0.2, 0) is 19.7 Å². The first kappa shape index (κ1) is 30.6. The second-order valence-corrected chi connectivity index (χ2v) is 16.3. The molecule has 3 aromatic carbocycles. The summed E-state index contributed by atoms with van der Waals surface area (Å²) in [4.78, 5) is 14.3. The maximum Gasteiger partial charge on any atom is 0.175 e. The summed E-state index contributed by atoms with van der Waals surface area (Å²) < 4.78 is 49.9. The molecule has 0 bridgehead atoms. The standard InChI is InChI=1S/C34H29N3O5S3/c1-4-45(41,42)21(2)27-18-24-9-6-15-36-31(24)29(19-27)23-7-5-8-25(17-23)33-32(22-10-12-28(13-11-22)44(3,39)40)37-34(43-33)26-14-16-35-30(38)20-26/h5-21H,4H2,1-3H3,(H,35,38)/p-1. The van der Waals surface area contributed by atoms with Crippen LogP contribution in [-0.4, -0.2) is 43.8 Å². The quantitative estimate of drug-likeness (QED) is 0.177. The van der Waals surface area contributed by atoms with Crippen LogP contribution >= 0.6 is 11.3 Å². The number of aromatic nitrogens is 3. The average molecular weight is 655 g/mol. The molecule has 3 aromatic heterocycles. The van der Waals surface area contributed by atoms with Crippen molar-refractivity contribution in [1.82, 2.24) is 15.0 Å². The molecule has 0 fully saturated rings. The lowest BCUT2D eigenvalue weighted by molar-refractivity contribution is -0.274. The second-order valence-electron chi connectivity index (χ2n) is 10.7. The van der Waals surface area contributed by atoms with Gasteiger partial charge in [0.15, 0.2) is 19.7 Å². The Kier molecular flexibility index (Phi) is 8.02. The fourth-order valence-corrected chi connectivity index (χ4v) is 7.95. The van der Waals surface area contributed by atoms with E-state index in [0.29, 0.717) is 21.8 Å². The van der Waals surface area contributed by atoms with Gasteiger partial charge in [-0.05, 0) is 78.0 Å². The van der Waals surface area contributed by atoms with Gasteiger partial charge < -0.3 is 5.11 Å². The number of thiazole rings is 1. The Labute approximate surface area is 266 Å². The molecule has 1 unspecified atom stereocenters. The minimum Gasteiger partial charge on any atom is -0.859 e. The highest BCUT2D eigenvalue weighted by atomic mass is 32.2. The molecule has 0 aliphatic rings. The Balaban J connectivity index is 1.54. The van der Waals surface area contributed by atoms with Crippen molar-refractivity contribution in [3.63, 3.8) is 0 Å². The van der Waals surface area contributed by atoms with Crippen molar-refractivity contribution in [2.45, 2.75) is 24.0 Å². The summed E-state index contributed by atoms with van der Waals surface area (Å²) in [7, 11) is -6.72. The summed E-state index contributed by atoms with van der Waals surface area (Å²) in [5.74, 6) is -0.333. The van der Waals surface area contributed by atoms with Crippen molar-refractivity contribution in [2.75, 3.05) is 12.0 Å². The highest BCUT2D eigenvalue weighted by Gasteiger charge is 2.23. The molecule has 3 heterocycles. The van der Waals surface area contributed by atoms with Crippen LogP contribution in [0.5, 0.6) is 5.88 Å². The fraction of sp³-hybridized carbons (Fsp3) is 0.147. The highest BCUT2D eigenvalue weighted by molar-refractivity contribution is 7.91. The molecule has 0 saturated carbocycles. The first-order valence-corrected chi connectivity index (χ1v) is 18.5. The zero-order chi connectivity index (χ0) is 31.9. The lowest BCUT2D eigenvalue weighted by atomic mass is 9.96. The van der Waals surface area contributed by atoms with Gasteiger partial charge in [0.05, 0.1) is 26.2 Å². The topological polar surface area (TPSA) is 130 Å². The van der Waals surface area contributed by atoms with E-state index >= 15 is 0 Å². The van der Waals surface area contributed by atoms with Crippen LogP contribution in [0.2, 0.25) is 0 Å². The number of nitrogens with zero attached hydrogens (tertiary/aromatic N) is 3. The fourth-order valence-electron chi connectivity index (χ4n) is 5.19. The van der Waals surface area contributed by atoms with Crippen molar-refractivity contribution in [2.24, 2.45) is 0 Å². The maximum atomic E-state index is 12.8. The zero-order valence-electron chi connectivity index (χ0n) is 24.6. The molecule has 0 saturated heterocycles. The summed E-state index contributed by atoms with van der Waals surface area (Å²) >= 11 is 1.41. The van der Waals surface area contributed by atoms with E-state index in [-0.39, 0.29) is 16.5 Å². The summed E-state index contributed by atoms with van der Waals surface area (Å²) in [6.45, 7) is 3.36. The Bertz CT molecular complexity index is 2280. The molecule has 6 rings (SSSR count). The zero-order valence-corrected chi connectivity index (χ0v) is 27.1. The summed E-state index contributed by atoms with van der Waals surface area (Å²) in [5.41, 5.74) is 5.92. The second kappa shape index (κ2) is 11.8. The van der Waals surface area contributed by atoms with Gasteiger partial charge in [-0.15, -0.1) is 11.3 Å². The lowest BCUT2D eigenvalue weighted by Gasteiger charge is -2.16. The predicted molar refractivity (Wildman–Crippen MR) is 177 cm³/mol. The number of hydrogen-bond donors (Lipinski definition) is 0. The number of hydrogen-bond acceptors (Lipinski definition) is 9. The lowest BCUT2D eigenvalue weighted by Crippen LogP contribution is -2.12. The Morgan fingerprint density at radius 1 is 0.800 bits per heavy atom. The van der Waals surface area contributed by atoms with Crippen LogP contribution in [0.15, 0.2) is 102 Å². The van der Waals surface area contributed by atoms with Gasteiger partial charge in [-0.25, -0.2) is 21.8 Å². The smallest absolute Gasteiger partial charge is 0.175 e. The van der Waals surface area contributed by atoms with Gasteiger partial charge in [-0.1, -0.05) is 43.3 Å². The molecule has 0 N–H and O–H groups in total. The summed E-state index contributed by atoms with van der Waals surface area (Å²) in [5, 5.41) is 12.8. The first-order chi connectivity index (χ1) is 21.4. The van der Waals surface area contributed by atoms with Gasteiger partial charge in [0.2, 0.25) is 0 Å². The summed E-state index contributed by atoms with van der Waals surface area (Å²) in [6, 6.07) is 25.2. The van der Waals surface area contributed by atoms with Crippen LogP contribution < -0.4 is 5.11 Å². The minimum absolute atomic E-state index is 0.0387. The minimum atomic E-state index is -3.38. The molecule has 11 heteroatoms. The molecule has 8 nitrogen and oxygen atoms in total. The van der Waals surface area contributed by atoms with E-state index in [1.807, 2.05) is 48.5 Å². The first-order valence-electron chi connectivity index (χ1n) is 14.1. The molecule has 0 spiro atoms. The Morgan fingerprint density at radius 2 is 1.56 bits per heavy atom. The van der Waals surface area contributed by atoms with Crippen molar-refractivity contribution in [3.05, 3.63) is 103 Å². The molecule has 0 radical (unpaired) electrons. The van der Waals surface area contributed by atoms with Gasteiger partial charge in [-0.2, -0.15) is 0 Å². The van der Waals surface area contributed by atoms with Crippen LogP contribution in [0, 0.1) is 0 Å². The molecule has 45 heavy (non-hydrogen) atoms. The van der Waals surface area contributed by atoms with E-state index in [1.54, 1.807) is 50.4 Å². The maximum absolute atomic E-state index is 12.8. The number of rotatable bonds is 8. The van der Waals surface area contributed by atoms with E-state index in [1.165, 1.54) is 23.6 Å². The van der Waals surface area contributed by atoms with Crippen molar-refractivity contribution in [3.8, 4) is 49.3 Å². The van der Waals surface area contributed by atoms with E-state index in [4.69, 9.17) is 4.98 Å². The molecule has 6 aromatic rings. The van der Waals surface area contributed by atoms with Crippen LogP contribution in [0.25, 0.3) is 54.3 Å². The Morgan fingerprint density at radius 3 is 2.27 bits per heavy atom. The number of sulfone groups is 2. The molecular formula is C34H28N3O5S3-. The third kappa shape index (κ3) is 6.11. The van der Waals surface area contributed by atoms with Gasteiger partial charge in [-0.3, -0.25) is 9.97 Å². The van der Waals surface area contributed by atoms with E-state index in [2.05, 4.69) is 9.97 Å². The summed E-state index contributed by atoms with van der Waals surface area (Å²) in [6.07, 6.45) is 4.33. The highest BCUT2D eigenvalue weighted by Crippen LogP contribution is 2.43. The van der Waals surface area contributed by atoms with Crippen LogP contribution in [0.4, 0.5) is 0 Å². The molecule has 1 atom stereocenters. The van der Waals surface area contributed by atoms with Gasteiger partial charge in [0, 0.05) is 46.5 Å². The molecule has 0 aliphatic carbocycles. The van der Waals surface area contributed by atoms with Gasteiger partial charge in [0.25, 0.3) is 0 Å². The van der Waals surface area contributed by atoms with E-state index in [0.717, 1.165) is 44.3 Å². The number of pyridine rings is 2. The van der Waals surface area contributed by atoms with Crippen LogP contribution in [0.3, 0.4) is 0 Å². The van der Waals surface area contributed by atoms with Crippen LogP contribution in [0.1, 0.15) is 24.7 Å². The molecule has 0 amide bonds. The molecular weight excluding hydrogens is 627 g/mol. The van der Waals surface area contributed by atoms with E-state index in [9.17, 15) is 21.9 Å². The van der Waals surface area contributed by atoms with Crippen molar-refractivity contribution >= 4 is 41.9 Å². The largest absolute Gasteiger partial charge is 0.859 e. The van der Waals surface area contributed by atoms with Gasteiger partial charge in [0.1, 0.15) is 5.01 Å². The predicted octanol–water partition coefficient (Wildman–Crippen LogP) is 6.73. The SMILES string of the molecule is CCS(=O)(=O)C(C)c1cc(-c2cccc(-c3sc(-c4ccnc([O-])c4)nc3-c3ccc(S(C)(=O)=O)cc3)c2)c2ncccc2c1. The van der Waals surface area contributed by atoms with Crippen molar-refractivity contribution < 1.29 is 21.9 Å².